The smallest absolute Gasteiger partial charge is 0.190 e. The van der Waals surface area contributed by atoms with Gasteiger partial charge in [-0.05, 0) is 49.2 Å². The number of nitrogens with one attached hydrogen (secondary N) is 2. The first-order valence-electron chi connectivity index (χ1n) is 14.1. The molecule has 0 saturated carbocycles. The number of pyridine rings is 2. The predicted molar refractivity (Wildman–Crippen MR) is 158 cm³/mol. The van der Waals surface area contributed by atoms with Crippen LogP contribution in [0.4, 0.5) is 0 Å². The first kappa shape index (κ1) is 24.5. The first-order chi connectivity index (χ1) is 20.8. The molecule has 2 aromatic carbocycles. The lowest BCUT2D eigenvalue weighted by Gasteiger charge is -2.30. The number of rotatable bonds is 6. The normalized spacial score (nSPS) is 14.7. The Bertz CT molecular complexity index is 1950. The second kappa shape index (κ2) is 10.3. The third-order valence-corrected chi connectivity index (χ3v) is 8.14. The van der Waals surface area contributed by atoms with Crippen LogP contribution in [0, 0.1) is 0 Å². The van der Waals surface area contributed by atoms with Crippen LogP contribution in [0.5, 0.6) is 0 Å². The summed E-state index contributed by atoms with van der Waals surface area (Å²) in [6.45, 7) is 3.03. The number of aromatic nitrogens is 10. The van der Waals surface area contributed by atoms with Gasteiger partial charge in [0.15, 0.2) is 17.2 Å². The minimum atomic E-state index is 0.467. The highest BCUT2D eigenvalue weighted by Gasteiger charge is 2.23. The molecule has 7 aromatic rings. The number of H-pyrrole nitrogens is 2. The number of likely N-dealkylation sites (tertiary alicyclic amines) is 1. The molecule has 11 nitrogen and oxygen atoms in total. The molecule has 6 heterocycles. The number of benzene rings is 2. The average Bonchev–Trinajstić information content (AvgIpc) is 3.84. The molecule has 1 fully saturated rings. The zero-order valence-electron chi connectivity index (χ0n) is 22.7. The Morgan fingerprint density at radius 3 is 2.50 bits per heavy atom. The second-order valence-electron chi connectivity index (χ2n) is 10.7. The van der Waals surface area contributed by atoms with Crippen molar-refractivity contribution in [3.63, 3.8) is 0 Å². The summed E-state index contributed by atoms with van der Waals surface area (Å²) in [6, 6.07) is 23.4. The van der Waals surface area contributed by atoms with Gasteiger partial charge in [0.1, 0.15) is 12.2 Å². The molecular formula is C31H27N11. The SMILES string of the molecule is c1ccc(-c2cc3c(ccn4c(-c5cn[nH]n5)nnc34)nc2-c2ccc(CN3CCC(c4ncn[nH]4)CC3)cc2)cc1. The zero-order chi connectivity index (χ0) is 27.9. The summed E-state index contributed by atoms with van der Waals surface area (Å²) in [6.07, 6.45) is 7.36. The van der Waals surface area contributed by atoms with Crippen LogP contribution in [-0.2, 0) is 6.54 Å². The highest BCUT2D eigenvalue weighted by molar-refractivity contribution is 5.98. The molecule has 0 spiro atoms. The predicted octanol–water partition coefficient (Wildman–Crippen LogP) is 4.89. The van der Waals surface area contributed by atoms with Crippen molar-refractivity contribution in [2.24, 2.45) is 0 Å². The average molecular weight is 554 g/mol. The summed E-state index contributed by atoms with van der Waals surface area (Å²) >= 11 is 0. The molecule has 0 bridgehead atoms. The molecule has 0 radical (unpaired) electrons. The minimum Gasteiger partial charge on any atom is -0.299 e. The number of nitrogens with zero attached hydrogens (tertiary/aromatic N) is 9. The number of aromatic amines is 2. The molecule has 11 heteroatoms. The van der Waals surface area contributed by atoms with Crippen molar-refractivity contribution >= 4 is 16.6 Å². The van der Waals surface area contributed by atoms with Gasteiger partial charge in [-0.25, -0.2) is 9.97 Å². The summed E-state index contributed by atoms with van der Waals surface area (Å²) in [5, 5.41) is 27.6. The van der Waals surface area contributed by atoms with Crippen molar-refractivity contribution in [2.75, 3.05) is 13.1 Å². The van der Waals surface area contributed by atoms with E-state index < -0.39 is 0 Å². The van der Waals surface area contributed by atoms with Gasteiger partial charge < -0.3 is 0 Å². The largest absolute Gasteiger partial charge is 0.299 e. The van der Waals surface area contributed by atoms with Gasteiger partial charge in [0.05, 0.1) is 17.4 Å². The van der Waals surface area contributed by atoms with E-state index in [1.54, 1.807) is 12.5 Å². The van der Waals surface area contributed by atoms with Crippen LogP contribution >= 0.6 is 0 Å². The molecule has 8 rings (SSSR count). The van der Waals surface area contributed by atoms with E-state index in [1.807, 2.05) is 22.7 Å². The molecule has 206 valence electrons. The first-order valence-corrected chi connectivity index (χ1v) is 14.1. The topological polar surface area (TPSA) is 129 Å². The maximum absolute atomic E-state index is 5.18. The number of piperidine rings is 1. The van der Waals surface area contributed by atoms with Crippen LogP contribution < -0.4 is 0 Å². The van der Waals surface area contributed by atoms with Gasteiger partial charge in [0, 0.05) is 35.2 Å². The quantitative estimate of drug-likeness (QED) is 0.298. The minimum absolute atomic E-state index is 0.467. The molecule has 42 heavy (non-hydrogen) atoms. The molecule has 0 amide bonds. The molecule has 0 atom stereocenters. The van der Waals surface area contributed by atoms with Crippen molar-refractivity contribution in [3.05, 3.63) is 96.8 Å². The maximum Gasteiger partial charge on any atom is 0.190 e. The lowest BCUT2D eigenvalue weighted by Crippen LogP contribution is -2.32. The van der Waals surface area contributed by atoms with E-state index in [-0.39, 0.29) is 0 Å². The molecule has 2 N–H and O–H groups in total. The molecule has 1 saturated heterocycles. The van der Waals surface area contributed by atoms with E-state index in [1.165, 1.54) is 5.56 Å². The lowest BCUT2D eigenvalue weighted by atomic mass is 9.95. The number of hydrogen-bond donors (Lipinski definition) is 2. The van der Waals surface area contributed by atoms with Crippen LogP contribution in [0.15, 0.2) is 85.5 Å². The Hall–Kier alpha value is -5.29. The molecule has 5 aromatic heterocycles. The lowest BCUT2D eigenvalue weighted by molar-refractivity contribution is 0.202. The van der Waals surface area contributed by atoms with E-state index in [0.717, 1.165) is 77.2 Å². The van der Waals surface area contributed by atoms with Crippen molar-refractivity contribution in [2.45, 2.75) is 25.3 Å². The number of fused-ring (bicyclic) bond motifs is 3. The number of hydrogen-bond acceptors (Lipinski definition) is 8. The third kappa shape index (κ3) is 4.40. The molecule has 0 unspecified atom stereocenters. The van der Waals surface area contributed by atoms with Crippen molar-refractivity contribution in [1.29, 1.82) is 0 Å². The van der Waals surface area contributed by atoms with E-state index in [2.05, 4.69) is 100 Å². The summed E-state index contributed by atoms with van der Waals surface area (Å²) < 4.78 is 1.93. The van der Waals surface area contributed by atoms with E-state index >= 15 is 0 Å². The van der Waals surface area contributed by atoms with E-state index in [9.17, 15) is 0 Å². The molecule has 1 aliphatic rings. The summed E-state index contributed by atoms with van der Waals surface area (Å²) in [7, 11) is 0. The monoisotopic (exact) mass is 553 g/mol. The van der Waals surface area contributed by atoms with Gasteiger partial charge >= 0.3 is 0 Å². The van der Waals surface area contributed by atoms with Crippen molar-refractivity contribution in [3.8, 4) is 33.9 Å². The van der Waals surface area contributed by atoms with E-state index in [0.29, 0.717) is 17.4 Å². The van der Waals surface area contributed by atoms with Gasteiger partial charge in [-0.1, -0.05) is 54.6 Å². The van der Waals surface area contributed by atoms with Gasteiger partial charge in [0.25, 0.3) is 0 Å². The highest BCUT2D eigenvalue weighted by atomic mass is 15.3. The van der Waals surface area contributed by atoms with Crippen LogP contribution in [-0.4, -0.2) is 68.2 Å². The fraction of sp³-hybridized carbons (Fsp3) is 0.194. The Morgan fingerprint density at radius 1 is 0.881 bits per heavy atom. The van der Waals surface area contributed by atoms with Crippen LogP contribution in [0.25, 0.3) is 50.5 Å². The fourth-order valence-electron chi connectivity index (χ4n) is 5.94. The highest BCUT2D eigenvalue weighted by Crippen LogP contribution is 2.35. The summed E-state index contributed by atoms with van der Waals surface area (Å²) in [4.78, 5) is 12.1. The zero-order valence-corrected chi connectivity index (χ0v) is 22.7. The Labute approximate surface area is 240 Å². The van der Waals surface area contributed by atoms with Crippen molar-refractivity contribution in [1.82, 2.24) is 55.1 Å². The third-order valence-electron chi connectivity index (χ3n) is 8.14. The van der Waals surface area contributed by atoms with Crippen LogP contribution in [0.3, 0.4) is 0 Å². The standard InChI is InChI=1S/C31H27N11/c1-2-4-21(5-3-1)24-16-25-26(12-15-42-30(25)38-39-31(42)27-17-33-40-36-27)35-28(24)22-8-6-20(7-9-22)18-41-13-10-23(11-14-41)29-32-19-34-37-29/h1-9,12,15-17,19,23H,10-11,13-14,18H2,(H,32,34,37)(H,33,36,40). The van der Waals surface area contributed by atoms with Crippen molar-refractivity contribution < 1.29 is 0 Å². The Balaban J connectivity index is 1.12. The summed E-state index contributed by atoms with van der Waals surface area (Å²) in [5.74, 6) is 2.11. The Kier molecular flexibility index (Phi) is 5.99. The maximum atomic E-state index is 5.18. The molecule has 0 aliphatic carbocycles. The molecule has 1 aliphatic heterocycles. The van der Waals surface area contributed by atoms with Crippen LogP contribution in [0.1, 0.15) is 30.1 Å². The molecular weight excluding hydrogens is 526 g/mol. The fourth-order valence-corrected chi connectivity index (χ4v) is 5.94. The Morgan fingerprint density at radius 2 is 1.74 bits per heavy atom. The second-order valence-corrected chi connectivity index (χ2v) is 10.7. The van der Waals surface area contributed by atoms with Gasteiger partial charge in [-0.2, -0.15) is 20.5 Å². The van der Waals surface area contributed by atoms with E-state index in [4.69, 9.17) is 4.98 Å². The summed E-state index contributed by atoms with van der Waals surface area (Å²) in [5.41, 5.74) is 7.67. The van der Waals surface area contributed by atoms with Gasteiger partial charge in [-0.15, -0.1) is 10.2 Å². The van der Waals surface area contributed by atoms with Crippen LogP contribution in [0.2, 0.25) is 0 Å². The van der Waals surface area contributed by atoms with Gasteiger partial charge in [0.2, 0.25) is 0 Å². The van der Waals surface area contributed by atoms with Gasteiger partial charge in [-0.3, -0.25) is 14.4 Å².